The second-order valence-corrected chi connectivity index (χ2v) is 7.68. The average molecular weight is 393 g/mol. The Hall–Kier alpha value is -3.17. The van der Waals surface area contributed by atoms with Crippen LogP contribution in [0.5, 0.6) is 0 Å². The van der Waals surface area contributed by atoms with Crippen molar-refractivity contribution in [3.63, 3.8) is 0 Å². The average Bonchev–Trinajstić information content (AvgIpc) is 3.05. The Morgan fingerprint density at radius 1 is 1.43 bits per heavy atom. The summed E-state index contributed by atoms with van der Waals surface area (Å²) in [6.07, 6.45) is -0.00605. The molecule has 0 bridgehead atoms. The van der Waals surface area contributed by atoms with Gasteiger partial charge in [0.1, 0.15) is 11.4 Å². The second kappa shape index (κ2) is 6.77. The predicted molar refractivity (Wildman–Crippen MR) is 98.7 cm³/mol. The first-order valence-electron chi connectivity index (χ1n) is 8.66. The van der Waals surface area contributed by atoms with Crippen molar-refractivity contribution in [2.45, 2.75) is 38.7 Å². The Kier molecular flexibility index (Phi) is 4.74. The van der Waals surface area contributed by atoms with Crippen LogP contribution < -0.4 is 11.2 Å². The number of nitrogen functional groups attached to an aromatic ring is 1. The number of hydrogen-bond donors (Lipinski definition) is 1. The van der Waals surface area contributed by atoms with E-state index in [1.807, 2.05) is 0 Å². The molecule has 10 heteroatoms. The van der Waals surface area contributed by atoms with Gasteiger partial charge in [-0.05, 0) is 33.3 Å². The number of likely N-dealkylation sites (tertiary alicyclic amines) is 1. The van der Waals surface area contributed by atoms with Crippen molar-refractivity contribution in [3.8, 4) is 0 Å². The lowest BCUT2D eigenvalue weighted by Crippen LogP contribution is -2.35. The maximum atomic E-state index is 13.9. The number of benzene rings is 1. The summed E-state index contributed by atoms with van der Waals surface area (Å²) in [5.74, 6) is -1.23. The molecular weight excluding hydrogens is 373 g/mol. The number of rotatable bonds is 2. The van der Waals surface area contributed by atoms with Crippen LogP contribution >= 0.6 is 0 Å². The number of carbonyl (C=O) groups is 1. The summed E-state index contributed by atoms with van der Waals surface area (Å²) in [5.41, 5.74) is 2.36. The van der Waals surface area contributed by atoms with Crippen LogP contribution in [-0.4, -0.2) is 34.6 Å². The van der Waals surface area contributed by atoms with E-state index in [0.717, 1.165) is 6.07 Å². The summed E-state index contributed by atoms with van der Waals surface area (Å²) >= 11 is 0. The van der Waals surface area contributed by atoms with E-state index >= 15 is 0 Å². The SMILES string of the molecule is CC(C)(C)OC(=O)N1CCC(c2cc(=O)c3cc(F)c(N)c([N+](=O)[O-])c3o2)C1. The second-order valence-electron chi connectivity index (χ2n) is 7.68. The van der Waals surface area contributed by atoms with Gasteiger partial charge in [0.15, 0.2) is 16.9 Å². The van der Waals surface area contributed by atoms with E-state index in [1.54, 1.807) is 20.8 Å². The molecule has 1 atom stereocenters. The van der Waals surface area contributed by atoms with Crippen LogP contribution in [0.1, 0.15) is 38.9 Å². The van der Waals surface area contributed by atoms with Gasteiger partial charge in [0, 0.05) is 25.1 Å². The fraction of sp³-hybridized carbons (Fsp3) is 0.444. The molecule has 0 radical (unpaired) electrons. The number of nitro groups is 1. The molecule has 1 aromatic heterocycles. The third-order valence-electron chi connectivity index (χ3n) is 4.43. The Morgan fingerprint density at radius 3 is 2.71 bits per heavy atom. The number of anilines is 1. The lowest BCUT2D eigenvalue weighted by Gasteiger charge is -2.24. The molecule has 0 aliphatic carbocycles. The normalized spacial score (nSPS) is 17.1. The van der Waals surface area contributed by atoms with Crippen molar-refractivity contribution < 1.29 is 23.3 Å². The molecule has 3 rings (SSSR count). The molecule has 1 fully saturated rings. The van der Waals surface area contributed by atoms with Crippen molar-refractivity contribution in [3.05, 3.63) is 44.0 Å². The molecule has 2 heterocycles. The van der Waals surface area contributed by atoms with Crippen molar-refractivity contribution in [1.29, 1.82) is 0 Å². The van der Waals surface area contributed by atoms with Gasteiger partial charge >= 0.3 is 11.8 Å². The highest BCUT2D eigenvalue weighted by molar-refractivity contribution is 5.91. The number of ether oxygens (including phenoxy) is 1. The van der Waals surface area contributed by atoms with E-state index < -0.39 is 39.2 Å². The molecule has 1 aliphatic heterocycles. The van der Waals surface area contributed by atoms with Crippen LogP contribution in [-0.2, 0) is 4.74 Å². The van der Waals surface area contributed by atoms with Gasteiger partial charge in [-0.3, -0.25) is 14.9 Å². The summed E-state index contributed by atoms with van der Waals surface area (Å²) in [6.45, 7) is 5.87. The fourth-order valence-electron chi connectivity index (χ4n) is 3.14. The van der Waals surface area contributed by atoms with Crippen molar-refractivity contribution in [2.24, 2.45) is 0 Å². The molecule has 1 saturated heterocycles. The van der Waals surface area contributed by atoms with E-state index in [2.05, 4.69) is 0 Å². The third-order valence-corrected chi connectivity index (χ3v) is 4.43. The maximum absolute atomic E-state index is 13.9. The van der Waals surface area contributed by atoms with E-state index in [-0.39, 0.29) is 29.2 Å². The number of amides is 1. The van der Waals surface area contributed by atoms with E-state index in [1.165, 1.54) is 11.0 Å². The monoisotopic (exact) mass is 393 g/mol. The van der Waals surface area contributed by atoms with Crippen LogP contribution in [0.15, 0.2) is 21.3 Å². The quantitative estimate of drug-likeness (QED) is 0.471. The van der Waals surface area contributed by atoms with Gasteiger partial charge in [0.2, 0.25) is 5.58 Å². The molecule has 1 amide bonds. The minimum atomic E-state index is -1.06. The first-order valence-corrected chi connectivity index (χ1v) is 8.66. The highest BCUT2D eigenvalue weighted by atomic mass is 19.1. The van der Waals surface area contributed by atoms with E-state index in [0.29, 0.717) is 13.0 Å². The third kappa shape index (κ3) is 3.62. The number of fused-ring (bicyclic) bond motifs is 1. The Morgan fingerprint density at radius 2 is 2.11 bits per heavy atom. The molecule has 1 aliphatic rings. The molecule has 0 spiro atoms. The Labute approximate surface area is 159 Å². The molecular formula is C18H20FN3O6. The fourth-order valence-corrected chi connectivity index (χ4v) is 3.14. The lowest BCUT2D eigenvalue weighted by molar-refractivity contribution is -0.382. The van der Waals surface area contributed by atoms with Crippen LogP contribution in [0.25, 0.3) is 11.0 Å². The largest absolute Gasteiger partial charge is 0.453 e. The van der Waals surface area contributed by atoms with Crippen molar-refractivity contribution >= 4 is 28.4 Å². The predicted octanol–water partition coefficient (Wildman–Crippen LogP) is 3.15. The van der Waals surface area contributed by atoms with Gasteiger partial charge in [-0.25, -0.2) is 9.18 Å². The molecule has 2 aromatic rings. The maximum Gasteiger partial charge on any atom is 0.410 e. The summed E-state index contributed by atoms with van der Waals surface area (Å²) in [5, 5.41) is 11.1. The van der Waals surface area contributed by atoms with Gasteiger partial charge in [-0.2, -0.15) is 0 Å². The summed E-state index contributed by atoms with van der Waals surface area (Å²) in [7, 11) is 0. The van der Waals surface area contributed by atoms with Crippen LogP contribution in [0.2, 0.25) is 0 Å². The number of halogens is 1. The zero-order valence-corrected chi connectivity index (χ0v) is 15.7. The number of nitro benzene ring substituents is 1. The smallest absolute Gasteiger partial charge is 0.410 e. The summed E-state index contributed by atoms with van der Waals surface area (Å²) in [6, 6.07) is 2.00. The number of nitrogens with two attached hydrogens (primary N) is 1. The van der Waals surface area contributed by atoms with Gasteiger partial charge in [0.05, 0.1) is 10.3 Å². The van der Waals surface area contributed by atoms with Gasteiger partial charge in [-0.1, -0.05) is 0 Å². The zero-order chi connectivity index (χ0) is 20.8. The molecule has 1 unspecified atom stereocenters. The highest BCUT2D eigenvalue weighted by Crippen LogP contribution is 2.36. The molecule has 1 aromatic carbocycles. The number of hydrogen-bond acceptors (Lipinski definition) is 7. The highest BCUT2D eigenvalue weighted by Gasteiger charge is 2.33. The molecule has 9 nitrogen and oxygen atoms in total. The molecule has 2 N–H and O–H groups in total. The topological polar surface area (TPSA) is 129 Å². The van der Waals surface area contributed by atoms with Crippen molar-refractivity contribution in [2.75, 3.05) is 18.8 Å². The minimum absolute atomic E-state index is 0.178. The van der Waals surface area contributed by atoms with E-state index in [9.17, 15) is 24.1 Å². The van der Waals surface area contributed by atoms with Gasteiger partial charge < -0.3 is 19.8 Å². The van der Waals surface area contributed by atoms with Crippen LogP contribution in [0, 0.1) is 15.9 Å². The molecule has 150 valence electrons. The Bertz CT molecular complexity index is 1030. The standard InChI is InChI=1S/C18H20FN3O6/c1-18(2,3)28-17(24)21-5-4-9(8-21)13-7-12(23)10-6-11(19)14(20)15(22(25)26)16(10)27-13/h6-7,9H,4-5,8,20H2,1-3H3. The molecule has 28 heavy (non-hydrogen) atoms. The summed E-state index contributed by atoms with van der Waals surface area (Å²) in [4.78, 5) is 36.5. The first kappa shape index (κ1) is 19.6. The van der Waals surface area contributed by atoms with E-state index in [4.69, 9.17) is 14.9 Å². The minimum Gasteiger partial charge on any atom is -0.453 e. The summed E-state index contributed by atoms with van der Waals surface area (Å²) < 4.78 is 24.8. The van der Waals surface area contributed by atoms with Crippen molar-refractivity contribution in [1.82, 2.24) is 4.90 Å². The van der Waals surface area contributed by atoms with Crippen LogP contribution in [0.4, 0.5) is 20.6 Å². The van der Waals surface area contributed by atoms with Gasteiger partial charge in [-0.15, -0.1) is 0 Å². The molecule has 0 saturated carbocycles. The lowest BCUT2D eigenvalue weighted by atomic mass is 10.0. The Balaban J connectivity index is 1.98. The first-order chi connectivity index (χ1) is 13.0. The zero-order valence-electron chi connectivity index (χ0n) is 15.7. The number of carbonyl (C=O) groups excluding carboxylic acids is 1. The van der Waals surface area contributed by atoms with Gasteiger partial charge in [0.25, 0.3) is 0 Å². The number of nitrogens with zero attached hydrogens (tertiary/aromatic N) is 2. The van der Waals surface area contributed by atoms with Crippen LogP contribution in [0.3, 0.4) is 0 Å².